The third kappa shape index (κ3) is 2.39. The van der Waals surface area contributed by atoms with Gasteiger partial charge in [-0.25, -0.2) is 0 Å². The Balaban J connectivity index is 2.26. The third-order valence-corrected chi connectivity index (χ3v) is 2.96. The fourth-order valence-electron chi connectivity index (χ4n) is 1.53. The number of carbonyl (C=O) groups is 1. The van der Waals surface area contributed by atoms with Crippen molar-refractivity contribution >= 4 is 23.1 Å². The molecule has 0 N–H and O–H groups in total. The van der Waals surface area contributed by atoms with E-state index in [9.17, 15) is 14.9 Å². The van der Waals surface area contributed by atoms with Crippen LogP contribution < -0.4 is 0 Å². The number of hydrogen-bond donors (Lipinski definition) is 0. The molecule has 84 valence electrons. The maximum atomic E-state index is 11.8. The Bertz CT molecular complexity index is 455. The summed E-state index contributed by atoms with van der Waals surface area (Å²) >= 11 is 5.86. The molecule has 0 unspecified atom stereocenters. The minimum Gasteiger partial charge on any atom is -0.294 e. The van der Waals surface area contributed by atoms with Gasteiger partial charge in [0.2, 0.25) is 0 Å². The van der Waals surface area contributed by atoms with Crippen molar-refractivity contribution in [3.05, 3.63) is 38.9 Å². The number of halogens is 1. The number of Topliss-reactive ketones (excluding diaryl/α,β-unsaturated/α-hetero) is 1. The number of nitrogens with zero attached hydrogens (tertiary/aromatic N) is 1. The number of hydrogen-bond acceptors (Lipinski definition) is 3. The Morgan fingerprint density at radius 2 is 2.19 bits per heavy atom. The molecule has 4 nitrogen and oxygen atoms in total. The van der Waals surface area contributed by atoms with Gasteiger partial charge in [-0.2, -0.15) is 0 Å². The first kappa shape index (κ1) is 11.1. The Kier molecular flexibility index (Phi) is 2.92. The Morgan fingerprint density at radius 3 is 2.75 bits per heavy atom. The average Bonchev–Trinajstić information content (AvgIpc) is 3.01. The minimum absolute atomic E-state index is 0.0939. The third-order valence-electron chi connectivity index (χ3n) is 2.63. The van der Waals surface area contributed by atoms with Gasteiger partial charge in [-0.05, 0) is 24.8 Å². The monoisotopic (exact) mass is 239 g/mol. The van der Waals surface area contributed by atoms with Crippen LogP contribution in [-0.2, 0) is 0 Å². The van der Waals surface area contributed by atoms with E-state index in [1.165, 1.54) is 18.2 Å². The second-order valence-corrected chi connectivity index (χ2v) is 4.40. The SMILES string of the molecule is O=C(CC1CC1)c1cc([N+](=O)[O-])ccc1Cl. The highest BCUT2D eigenvalue weighted by Gasteiger charge is 2.26. The van der Waals surface area contributed by atoms with Gasteiger partial charge in [0.05, 0.1) is 9.95 Å². The molecule has 1 aromatic carbocycles. The van der Waals surface area contributed by atoms with Crippen LogP contribution in [0.3, 0.4) is 0 Å². The van der Waals surface area contributed by atoms with Crippen molar-refractivity contribution in [1.82, 2.24) is 0 Å². The van der Waals surface area contributed by atoms with E-state index >= 15 is 0 Å². The van der Waals surface area contributed by atoms with Crippen molar-refractivity contribution < 1.29 is 9.72 Å². The second kappa shape index (κ2) is 4.22. The van der Waals surface area contributed by atoms with Crippen LogP contribution in [0.5, 0.6) is 0 Å². The van der Waals surface area contributed by atoms with Gasteiger partial charge in [-0.15, -0.1) is 0 Å². The molecule has 0 saturated heterocycles. The highest BCUT2D eigenvalue weighted by Crippen LogP contribution is 2.34. The number of nitro groups is 1. The summed E-state index contributed by atoms with van der Waals surface area (Å²) in [5, 5.41) is 10.9. The van der Waals surface area contributed by atoms with Crippen LogP contribution >= 0.6 is 11.6 Å². The number of nitro benzene ring substituents is 1. The summed E-state index contributed by atoms with van der Waals surface area (Å²) in [7, 11) is 0. The fraction of sp³-hybridized carbons (Fsp3) is 0.364. The van der Waals surface area contributed by atoms with Gasteiger partial charge < -0.3 is 0 Å². The van der Waals surface area contributed by atoms with Crippen LogP contribution in [0.2, 0.25) is 5.02 Å². The molecule has 2 rings (SSSR count). The summed E-state index contributed by atoms with van der Waals surface area (Å²) in [4.78, 5) is 21.8. The van der Waals surface area contributed by atoms with E-state index in [-0.39, 0.29) is 22.1 Å². The quantitative estimate of drug-likeness (QED) is 0.460. The normalized spacial score (nSPS) is 14.8. The van der Waals surface area contributed by atoms with Crippen LogP contribution in [0, 0.1) is 16.0 Å². The van der Waals surface area contributed by atoms with Gasteiger partial charge in [-0.1, -0.05) is 11.6 Å². The molecule has 0 aromatic heterocycles. The summed E-state index contributed by atoms with van der Waals surface area (Å²) in [6.07, 6.45) is 2.58. The van der Waals surface area contributed by atoms with Gasteiger partial charge in [0.15, 0.2) is 5.78 Å². The zero-order valence-corrected chi connectivity index (χ0v) is 9.24. The van der Waals surface area contributed by atoms with E-state index in [1.54, 1.807) is 0 Å². The van der Waals surface area contributed by atoms with Crippen molar-refractivity contribution in [2.24, 2.45) is 5.92 Å². The van der Waals surface area contributed by atoms with Gasteiger partial charge in [0.25, 0.3) is 5.69 Å². The molecule has 16 heavy (non-hydrogen) atoms. The maximum absolute atomic E-state index is 11.8. The van der Waals surface area contributed by atoms with Gasteiger partial charge in [0, 0.05) is 24.1 Å². The summed E-state index contributed by atoms with van der Waals surface area (Å²) < 4.78 is 0. The zero-order valence-electron chi connectivity index (χ0n) is 8.48. The summed E-state index contributed by atoms with van der Waals surface area (Å²) in [5.74, 6) is 0.346. The molecule has 0 bridgehead atoms. The van der Waals surface area contributed by atoms with E-state index in [1.807, 2.05) is 0 Å². The number of benzene rings is 1. The Hall–Kier alpha value is -1.42. The molecular formula is C11H10ClNO3. The minimum atomic E-state index is -0.524. The van der Waals surface area contributed by atoms with Crippen LogP contribution in [0.4, 0.5) is 5.69 Å². The molecule has 1 saturated carbocycles. The molecule has 0 spiro atoms. The fourth-order valence-corrected chi connectivity index (χ4v) is 1.76. The highest BCUT2D eigenvalue weighted by atomic mass is 35.5. The van der Waals surface area contributed by atoms with Crippen molar-refractivity contribution in [3.63, 3.8) is 0 Å². The number of carbonyl (C=O) groups excluding carboxylic acids is 1. The molecular weight excluding hydrogens is 230 g/mol. The Morgan fingerprint density at radius 1 is 1.50 bits per heavy atom. The van der Waals surface area contributed by atoms with Crippen LogP contribution in [0.25, 0.3) is 0 Å². The van der Waals surface area contributed by atoms with Crippen molar-refractivity contribution in [2.75, 3.05) is 0 Å². The number of rotatable bonds is 4. The molecule has 0 radical (unpaired) electrons. The van der Waals surface area contributed by atoms with E-state index in [4.69, 9.17) is 11.6 Å². The molecule has 1 aliphatic carbocycles. The lowest BCUT2D eigenvalue weighted by Gasteiger charge is -2.02. The van der Waals surface area contributed by atoms with Crippen LogP contribution in [0.15, 0.2) is 18.2 Å². The van der Waals surface area contributed by atoms with E-state index < -0.39 is 4.92 Å². The maximum Gasteiger partial charge on any atom is 0.270 e. The Labute approximate surface area is 97.4 Å². The van der Waals surface area contributed by atoms with Crippen molar-refractivity contribution in [1.29, 1.82) is 0 Å². The van der Waals surface area contributed by atoms with Crippen molar-refractivity contribution in [2.45, 2.75) is 19.3 Å². The second-order valence-electron chi connectivity index (χ2n) is 3.99. The van der Waals surface area contributed by atoms with Gasteiger partial charge in [0.1, 0.15) is 0 Å². The molecule has 0 amide bonds. The molecule has 0 heterocycles. The first-order valence-electron chi connectivity index (χ1n) is 5.05. The van der Waals surface area contributed by atoms with Gasteiger partial charge in [-0.3, -0.25) is 14.9 Å². The molecule has 5 heteroatoms. The molecule has 1 aromatic rings. The first-order chi connectivity index (χ1) is 7.58. The molecule has 1 fully saturated rings. The smallest absolute Gasteiger partial charge is 0.270 e. The molecule has 0 atom stereocenters. The van der Waals surface area contributed by atoms with Crippen LogP contribution in [0.1, 0.15) is 29.6 Å². The topological polar surface area (TPSA) is 60.2 Å². The predicted octanol–water partition coefficient (Wildman–Crippen LogP) is 3.23. The predicted molar refractivity (Wildman–Crippen MR) is 59.8 cm³/mol. The first-order valence-corrected chi connectivity index (χ1v) is 5.43. The van der Waals surface area contributed by atoms with E-state index in [2.05, 4.69) is 0 Å². The van der Waals surface area contributed by atoms with Crippen LogP contribution in [-0.4, -0.2) is 10.7 Å². The van der Waals surface area contributed by atoms with E-state index in [0.29, 0.717) is 12.3 Å². The van der Waals surface area contributed by atoms with Crippen molar-refractivity contribution in [3.8, 4) is 0 Å². The molecule has 0 aliphatic heterocycles. The summed E-state index contributed by atoms with van der Waals surface area (Å²) in [5.41, 5.74) is 0.173. The lowest BCUT2D eigenvalue weighted by Crippen LogP contribution is -2.02. The number of ketones is 1. The lowest BCUT2D eigenvalue weighted by molar-refractivity contribution is -0.384. The van der Waals surface area contributed by atoms with Gasteiger partial charge >= 0.3 is 0 Å². The summed E-state index contributed by atoms with van der Waals surface area (Å²) in [6, 6.07) is 3.96. The lowest BCUT2D eigenvalue weighted by atomic mass is 10.1. The molecule has 1 aliphatic rings. The number of non-ortho nitro benzene ring substituents is 1. The zero-order chi connectivity index (χ0) is 11.7. The average molecular weight is 240 g/mol. The summed E-state index contributed by atoms with van der Waals surface area (Å²) in [6.45, 7) is 0. The highest BCUT2D eigenvalue weighted by molar-refractivity contribution is 6.34. The van der Waals surface area contributed by atoms with E-state index in [0.717, 1.165) is 12.8 Å². The standard InChI is InChI=1S/C11H10ClNO3/c12-10-4-3-8(13(15)16)6-9(10)11(14)5-7-1-2-7/h3-4,6-7H,1-2,5H2. The largest absolute Gasteiger partial charge is 0.294 e.